The molecule has 34 heavy (non-hydrogen) atoms. The highest BCUT2D eigenvalue weighted by atomic mass is 35.5. The van der Waals surface area contributed by atoms with Crippen molar-refractivity contribution in [1.82, 2.24) is 9.78 Å². The highest BCUT2D eigenvalue weighted by molar-refractivity contribution is 7.98. The van der Waals surface area contributed by atoms with Crippen LogP contribution in [0.3, 0.4) is 0 Å². The van der Waals surface area contributed by atoms with Gasteiger partial charge in [0.1, 0.15) is 16.7 Å². The summed E-state index contributed by atoms with van der Waals surface area (Å²) >= 11 is 13.6. The first-order valence-electron chi connectivity index (χ1n) is 10.2. The highest BCUT2D eigenvalue weighted by Gasteiger charge is 2.21. The van der Waals surface area contributed by atoms with Gasteiger partial charge in [-0.25, -0.2) is 4.68 Å². The second kappa shape index (κ2) is 11.1. The van der Waals surface area contributed by atoms with E-state index in [1.54, 1.807) is 22.9 Å². The van der Waals surface area contributed by atoms with Crippen LogP contribution in [0.15, 0.2) is 90.0 Å². The molecule has 0 aliphatic carbocycles. The molecule has 0 saturated heterocycles. The fraction of sp³-hybridized carbons (Fsp3) is 0.0385. The molecule has 1 amide bonds. The molecule has 4 rings (SSSR count). The summed E-state index contributed by atoms with van der Waals surface area (Å²) in [4.78, 5) is 12.7. The maximum atomic E-state index is 12.7. The van der Waals surface area contributed by atoms with Crippen LogP contribution in [-0.4, -0.2) is 15.7 Å². The van der Waals surface area contributed by atoms with E-state index in [1.165, 1.54) is 17.8 Å². The monoisotopic (exact) mass is 504 g/mol. The molecule has 0 aliphatic rings. The molecule has 1 N–H and O–H groups in total. The highest BCUT2D eigenvalue weighted by Crippen LogP contribution is 2.33. The Bertz CT molecular complexity index is 1380. The summed E-state index contributed by atoms with van der Waals surface area (Å²) in [5.41, 5.74) is 2.77. The zero-order valence-corrected chi connectivity index (χ0v) is 20.1. The standard InChI is InChI=1S/C26H18Cl2N4OS/c27-20-13-10-18(11-14-20)12-15-24(33)30-25-22(16-29)26(31-32(25)21-7-2-1-3-8-21)34-17-19-6-4-5-9-23(19)28/h1-15H,17H2,(H,30,33). The Morgan fingerprint density at radius 2 is 1.74 bits per heavy atom. The topological polar surface area (TPSA) is 70.7 Å². The minimum absolute atomic E-state index is 0.286. The largest absolute Gasteiger partial charge is 0.306 e. The van der Waals surface area contributed by atoms with Gasteiger partial charge in [-0.1, -0.05) is 83.5 Å². The molecule has 0 bridgehead atoms. The van der Waals surface area contributed by atoms with E-state index in [4.69, 9.17) is 23.2 Å². The molecular weight excluding hydrogens is 487 g/mol. The van der Waals surface area contributed by atoms with Gasteiger partial charge in [-0.3, -0.25) is 4.79 Å². The lowest BCUT2D eigenvalue weighted by Crippen LogP contribution is -2.13. The minimum Gasteiger partial charge on any atom is -0.306 e. The van der Waals surface area contributed by atoms with Crippen LogP contribution in [0.2, 0.25) is 10.0 Å². The predicted octanol–water partition coefficient (Wildman–Crippen LogP) is 6.99. The van der Waals surface area contributed by atoms with E-state index in [9.17, 15) is 10.1 Å². The molecule has 3 aromatic carbocycles. The maximum Gasteiger partial charge on any atom is 0.249 e. The van der Waals surface area contributed by atoms with E-state index in [0.29, 0.717) is 26.6 Å². The summed E-state index contributed by atoms with van der Waals surface area (Å²) in [6.45, 7) is 0. The van der Waals surface area contributed by atoms with Crippen molar-refractivity contribution in [3.05, 3.63) is 112 Å². The third-order valence-electron chi connectivity index (χ3n) is 4.83. The Kier molecular flexibility index (Phi) is 7.71. The molecule has 1 aromatic heterocycles. The number of nitrogens with zero attached hydrogens (tertiary/aromatic N) is 3. The molecule has 0 atom stereocenters. The number of halogens is 2. The first-order chi connectivity index (χ1) is 16.5. The fourth-order valence-corrected chi connectivity index (χ4v) is 4.51. The van der Waals surface area contributed by atoms with Gasteiger partial charge in [-0.2, -0.15) is 10.4 Å². The van der Waals surface area contributed by atoms with Crippen LogP contribution in [0.25, 0.3) is 11.8 Å². The van der Waals surface area contributed by atoms with Crippen molar-refractivity contribution in [2.24, 2.45) is 0 Å². The summed E-state index contributed by atoms with van der Waals surface area (Å²) in [5, 5.41) is 19.2. The minimum atomic E-state index is -0.383. The number of thioether (sulfide) groups is 1. The van der Waals surface area contributed by atoms with Gasteiger partial charge >= 0.3 is 0 Å². The zero-order valence-electron chi connectivity index (χ0n) is 17.8. The summed E-state index contributed by atoms with van der Waals surface area (Å²) in [6, 6.07) is 26.2. The van der Waals surface area contributed by atoms with Gasteiger partial charge in [0.2, 0.25) is 5.91 Å². The van der Waals surface area contributed by atoms with Crippen molar-refractivity contribution < 1.29 is 4.79 Å². The number of aromatic nitrogens is 2. The van der Waals surface area contributed by atoms with E-state index < -0.39 is 0 Å². The molecule has 0 aliphatic heterocycles. The Morgan fingerprint density at radius 1 is 1.03 bits per heavy atom. The van der Waals surface area contributed by atoms with Crippen molar-refractivity contribution in [3.63, 3.8) is 0 Å². The second-order valence-corrected chi connectivity index (χ2v) is 8.95. The van der Waals surface area contributed by atoms with E-state index in [0.717, 1.165) is 16.8 Å². The van der Waals surface area contributed by atoms with Crippen LogP contribution >= 0.6 is 35.0 Å². The molecule has 0 saturated carbocycles. The predicted molar refractivity (Wildman–Crippen MR) is 138 cm³/mol. The molecule has 0 radical (unpaired) electrons. The average Bonchev–Trinajstić information content (AvgIpc) is 3.20. The van der Waals surface area contributed by atoms with Crippen molar-refractivity contribution in [1.29, 1.82) is 5.26 Å². The number of para-hydroxylation sites is 1. The molecule has 0 fully saturated rings. The normalized spacial score (nSPS) is 10.9. The molecule has 8 heteroatoms. The van der Waals surface area contributed by atoms with Gasteiger partial charge in [0.15, 0.2) is 5.82 Å². The fourth-order valence-electron chi connectivity index (χ4n) is 3.14. The summed E-state index contributed by atoms with van der Waals surface area (Å²) in [7, 11) is 0. The number of carbonyl (C=O) groups excluding carboxylic acids is 1. The lowest BCUT2D eigenvalue weighted by molar-refractivity contribution is -0.111. The third kappa shape index (κ3) is 5.70. The van der Waals surface area contributed by atoms with E-state index in [2.05, 4.69) is 16.5 Å². The van der Waals surface area contributed by atoms with Gasteiger partial charge in [0, 0.05) is 21.9 Å². The molecule has 168 valence electrons. The van der Waals surface area contributed by atoms with Gasteiger partial charge in [-0.05, 0) is 47.5 Å². The van der Waals surface area contributed by atoms with Crippen molar-refractivity contribution >= 4 is 52.8 Å². The molecule has 0 unspecified atom stereocenters. The average molecular weight is 505 g/mol. The Balaban J connectivity index is 1.64. The van der Waals surface area contributed by atoms with Crippen LogP contribution in [0.5, 0.6) is 0 Å². The zero-order chi connectivity index (χ0) is 23.9. The van der Waals surface area contributed by atoms with Crippen molar-refractivity contribution in [2.75, 3.05) is 5.32 Å². The Morgan fingerprint density at radius 3 is 2.44 bits per heavy atom. The summed E-state index contributed by atoms with van der Waals surface area (Å²) in [6.07, 6.45) is 3.08. The van der Waals surface area contributed by atoms with Crippen LogP contribution in [0, 0.1) is 11.3 Å². The summed E-state index contributed by atoms with van der Waals surface area (Å²) in [5.74, 6) is 0.455. The van der Waals surface area contributed by atoms with Gasteiger partial charge in [0.25, 0.3) is 0 Å². The number of amides is 1. The van der Waals surface area contributed by atoms with Crippen LogP contribution in [-0.2, 0) is 10.5 Å². The smallest absolute Gasteiger partial charge is 0.249 e. The van der Waals surface area contributed by atoms with E-state index in [-0.39, 0.29) is 11.5 Å². The number of hydrogen-bond donors (Lipinski definition) is 1. The lowest BCUT2D eigenvalue weighted by atomic mass is 10.2. The Labute approximate surface area is 211 Å². The number of hydrogen-bond acceptors (Lipinski definition) is 4. The molecule has 0 spiro atoms. The van der Waals surface area contributed by atoms with E-state index in [1.807, 2.05) is 66.7 Å². The number of rotatable bonds is 7. The number of nitrogens with one attached hydrogen (secondary N) is 1. The van der Waals surface area contributed by atoms with Crippen molar-refractivity contribution in [3.8, 4) is 11.8 Å². The van der Waals surface area contributed by atoms with Crippen LogP contribution in [0.4, 0.5) is 5.82 Å². The van der Waals surface area contributed by atoms with Crippen LogP contribution < -0.4 is 5.32 Å². The molecule has 4 aromatic rings. The van der Waals surface area contributed by atoms with Gasteiger partial charge in [0.05, 0.1) is 5.69 Å². The molecular formula is C26H18Cl2N4OS. The first kappa shape index (κ1) is 23.7. The van der Waals surface area contributed by atoms with Gasteiger partial charge in [-0.15, -0.1) is 0 Å². The number of anilines is 1. The van der Waals surface area contributed by atoms with Crippen LogP contribution in [0.1, 0.15) is 16.7 Å². The van der Waals surface area contributed by atoms with Gasteiger partial charge < -0.3 is 5.32 Å². The second-order valence-electron chi connectivity index (χ2n) is 7.14. The first-order valence-corrected chi connectivity index (χ1v) is 12.0. The maximum absolute atomic E-state index is 12.7. The Hall–Kier alpha value is -3.50. The van der Waals surface area contributed by atoms with Crippen molar-refractivity contribution in [2.45, 2.75) is 10.8 Å². The molecule has 5 nitrogen and oxygen atoms in total. The SMILES string of the molecule is N#Cc1c(SCc2ccccc2Cl)nn(-c2ccccc2)c1NC(=O)C=Cc1ccc(Cl)cc1. The van der Waals surface area contributed by atoms with E-state index >= 15 is 0 Å². The number of nitriles is 1. The third-order valence-corrected chi connectivity index (χ3v) is 6.46. The molecule has 1 heterocycles. The number of carbonyl (C=O) groups is 1. The summed E-state index contributed by atoms with van der Waals surface area (Å²) < 4.78 is 1.57. The quantitative estimate of drug-likeness (QED) is 0.217. The lowest BCUT2D eigenvalue weighted by Gasteiger charge is -2.07. The number of benzene rings is 3.